The standard InChI is InChI=1S/C26H24Cl2F2N2O5S/c1-37-26(34)25(33)24-22(32(38(2,35)36)21-12-19(29)11-20(30)13-21)14-31(24)23(15-3-7-17(27)8-4-15)16-5-9-18(28)10-6-16/h3-13,22-25,33H,14H2,1-2H3. The Kier molecular flexibility index (Phi) is 8.29. The van der Waals surface area contributed by atoms with Gasteiger partial charge in [-0.15, -0.1) is 0 Å². The highest BCUT2D eigenvalue weighted by atomic mass is 35.5. The second-order valence-corrected chi connectivity index (χ2v) is 11.6. The van der Waals surface area contributed by atoms with Crippen molar-refractivity contribution >= 4 is 44.9 Å². The Morgan fingerprint density at radius 2 is 1.47 bits per heavy atom. The summed E-state index contributed by atoms with van der Waals surface area (Å²) >= 11 is 12.2. The number of sulfonamides is 1. The molecule has 1 aliphatic heterocycles. The van der Waals surface area contributed by atoms with Crippen LogP contribution in [0.2, 0.25) is 10.0 Å². The normalized spacial score (nSPS) is 18.6. The summed E-state index contributed by atoms with van der Waals surface area (Å²) in [4.78, 5) is 14.2. The number of halogens is 4. The molecule has 3 unspecified atom stereocenters. The van der Waals surface area contributed by atoms with Crippen LogP contribution in [0.4, 0.5) is 14.5 Å². The zero-order chi connectivity index (χ0) is 27.8. The molecular formula is C26H24Cl2F2N2O5S. The van der Waals surface area contributed by atoms with Crippen LogP contribution in [0, 0.1) is 11.6 Å². The van der Waals surface area contributed by atoms with Gasteiger partial charge in [0.25, 0.3) is 0 Å². The number of carbonyl (C=O) groups is 1. The van der Waals surface area contributed by atoms with E-state index in [2.05, 4.69) is 0 Å². The largest absolute Gasteiger partial charge is 0.467 e. The van der Waals surface area contributed by atoms with Gasteiger partial charge in [0.2, 0.25) is 10.0 Å². The van der Waals surface area contributed by atoms with E-state index in [1.165, 1.54) is 0 Å². The first-order valence-electron chi connectivity index (χ1n) is 11.4. The van der Waals surface area contributed by atoms with Gasteiger partial charge in [-0.25, -0.2) is 22.0 Å². The van der Waals surface area contributed by atoms with Crippen LogP contribution in [0.5, 0.6) is 0 Å². The molecule has 7 nitrogen and oxygen atoms in total. The van der Waals surface area contributed by atoms with E-state index in [-0.39, 0.29) is 12.2 Å². The van der Waals surface area contributed by atoms with Crippen LogP contribution < -0.4 is 4.31 Å². The van der Waals surface area contributed by atoms with Crippen molar-refractivity contribution in [3.8, 4) is 0 Å². The van der Waals surface area contributed by atoms with Crippen LogP contribution >= 0.6 is 23.2 Å². The molecule has 4 rings (SSSR count). The molecule has 0 aromatic heterocycles. The first kappa shape index (κ1) is 28.3. The van der Waals surface area contributed by atoms with Gasteiger partial charge in [0, 0.05) is 22.7 Å². The van der Waals surface area contributed by atoms with Gasteiger partial charge in [-0.3, -0.25) is 9.21 Å². The maximum absolute atomic E-state index is 14.1. The summed E-state index contributed by atoms with van der Waals surface area (Å²) in [5, 5.41) is 12.0. The molecule has 1 aliphatic rings. The first-order chi connectivity index (χ1) is 17.9. The summed E-state index contributed by atoms with van der Waals surface area (Å²) in [6.45, 7) is -0.000156. The number of ether oxygens (including phenoxy) is 1. The molecule has 0 bridgehead atoms. The molecule has 1 N–H and O–H groups in total. The molecule has 1 saturated heterocycles. The van der Waals surface area contributed by atoms with Gasteiger partial charge in [0.1, 0.15) is 11.6 Å². The number of aliphatic hydroxyl groups excluding tert-OH is 1. The van der Waals surface area contributed by atoms with Gasteiger partial charge in [-0.2, -0.15) is 0 Å². The van der Waals surface area contributed by atoms with Crippen molar-refractivity contribution in [1.82, 2.24) is 4.90 Å². The van der Waals surface area contributed by atoms with Crippen molar-refractivity contribution in [3.63, 3.8) is 0 Å². The fourth-order valence-electron chi connectivity index (χ4n) is 4.83. The highest BCUT2D eigenvalue weighted by Crippen LogP contribution is 2.42. The number of aliphatic hydroxyl groups is 1. The van der Waals surface area contributed by atoms with Crippen LogP contribution in [-0.2, 0) is 19.6 Å². The van der Waals surface area contributed by atoms with Crippen molar-refractivity contribution in [2.24, 2.45) is 0 Å². The van der Waals surface area contributed by atoms with Crippen molar-refractivity contribution in [2.45, 2.75) is 24.2 Å². The maximum Gasteiger partial charge on any atom is 0.336 e. The van der Waals surface area contributed by atoms with E-state index < -0.39 is 51.9 Å². The van der Waals surface area contributed by atoms with Gasteiger partial charge in [-0.1, -0.05) is 47.5 Å². The molecule has 0 radical (unpaired) electrons. The predicted octanol–water partition coefficient (Wildman–Crippen LogP) is 4.41. The number of hydrogen-bond acceptors (Lipinski definition) is 6. The Balaban J connectivity index is 1.84. The van der Waals surface area contributed by atoms with Crippen LogP contribution in [0.3, 0.4) is 0 Å². The minimum atomic E-state index is -4.12. The van der Waals surface area contributed by atoms with Crippen LogP contribution in [0.15, 0.2) is 66.7 Å². The number of rotatable bonds is 8. The van der Waals surface area contributed by atoms with E-state index in [0.717, 1.165) is 40.9 Å². The Morgan fingerprint density at radius 1 is 1.00 bits per heavy atom. The predicted molar refractivity (Wildman–Crippen MR) is 141 cm³/mol. The van der Waals surface area contributed by atoms with Gasteiger partial charge in [0.05, 0.1) is 37.2 Å². The molecule has 3 atom stereocenters. The number of esters is 1. The molecule has 3 aromatic carbocycles. The minimum Gasteiger partial charge on any atom is -0.467 e. The minimum absolute atomic E-state index is 0.000156. The number of methoxy groups -OCH3 is 1. The van der Waals surface area contributed by atoms with E-state index in [9.17, 15) is 27.1 Å². The fraction of sp³-hybridized carbons (Fsp3) is 0.269. The number of hydrogen-bond donors (Lipinski definition) is 1. The third kappa shape index (κ3) is 5.79. The maximum atomic E-state index is 14.1. The Hall–Kier alpha value is -2.76. The van der Waals surface area contributed by atoms with Crippen LogP contribution in [-0.4, -0.2) is 62.5 Å². The number of benzene rings is 3. The van der Waals surface area contributed by atoms with E-state index in [4.69, 9.17) is 27.9 Å². The van der Waals surface area contributed by atoms with E-state index in [1.807, 2.05) is 0 Å². The number of anilines is 1. The van der Waals surface area contributed by atoms with Gasteiger partial charge >= 0.3 is 5.97 Å². The molecule has 38 heavy (non-hydrogen) atoms. The summed E-state index contributed by atoms with van der Waals surface area (Å²) in [5.74, 6) is -2.94. The van der Waals surface area contributed by atoms with Crippen LogP contribution in [0.25, 0.3) is 0 Å². The lowest BCUT2D eigenvalue weighted by Crippen LogP contribution is -2.73. The second-order valence-electron chi connectivity index (χ2n) is 8.91. The summed E-state index contributed by atoms with van der Waals surface area (Å²) in [7, 11) is -3.03. The number of likely N-dealkylation sites (tertiary alicyclic amines) is 1. The third-order valence-electron chi connectivity index (χ3n) is 6.40. The van der Waals surface area contributed by atoms with E-state index in [0.29, 0.717) is 16.1 Å². The molecule has 0 spiro atoms. The average molecular weight is 585 g/mol. The second kappa shape index (κ2) is 11.2. The SMILES string of the molecule is COC(=O)C(O)C1C(N(c2cc(F)cc(F)c2)S(C)(=O)=O)CN1C(c1ccc(Cl)cc1)c1ccc(Cl)cc1. The van der Waals surface area contributed by atoms with Crippen molar-refractivity contribution in [2.75, 3.05) is 24.2 Å². The Morgan fingerprint density at radius 3 is 1.89 bits per heavy atom. The fourth-order valence-corrected chi connectivity index (χ4v) is 6.26. The molecule has 0 aliphatic carbocycles. The summed E-state index contributed by atoms with van der Waals surface area (Å²) in [6, 6.07) is 13.4. The van der Waals surface area contributed by atoms with Crippen molar-refractivity contribution in [1.29, 1.82) is 0 Å². The van der Waals surface area contributed by atoms with Gasteiger partial charge in [0.15, 0.2) is 6.10 Å². The Labute approximate surface area is 229 Å². The lowest BCUT2D eigenvalue weighted by atomic mass is 9.84. The summed E-state index contributed by atoms with van der Waals surface area (Å²) < 4.78 is 59.6. The monoisotopic (exact) mass is 584 g/mol. The molecule has 0 saturated carbocycles. The quantitative estimate of drug-likeness (QED) is 0.395. The third-order valence-corrected chi connectivity index (χ3v) is 8.10. The highest BCUT2D eigenvalue weighted by Gasteiger charge is 2.54. The van der Waals surface area contributed by atoms with E-state index >= 15 is 0 Å². The molecule has 202 valence electrons. The zero-order valence-electron chi connectivity index (χ0n) is 20.3. The molecule has 1 fully saturated rings. The van der Waals surface area contributed by atoms with Crippen molar-refractivity contribution < 1.29 is 31.8 Å². The highest BCUT2D eigenvalue weighted by molar-refractivity contribution is 7.92. The summed E-state index contributed by atoms with van der Waals surface area (Å²) in [6.07, 6.45) is -0.904. The van der Waals surface area contributed by atoms with Crippen molar-refractivity contribution in [3.05, 3.63) is 99.5 Å². The summed E-state index contributed by atoms with van der Waals surface area (Å²) in [5.41, 5.74) is 1.20. The topological polar surface area (TPSA) is 87.1 Å². The van der Waals surface area contributed by atoms with Crippen LogP contribution in [0.1, 0.15) is 17.2 Å². The van der Waals surface area contributed by atoms with Gasteiger partial charge < -0.3 is 9.84 Å². The lowest BCUT2D eigenvalue weighted by molar-refractivity contribution is -0.160. The van der Waals surface area contributed by atoms with E-state index in [1.54, 1.807) is 53.4 Å². The zero-order valence-corrected chi connectivity index (χ0v) is 22.6. The smallest absolute Gasteiger partial charge is 0.336 e. The molecule has 3 aromatic rings. The average Bonchev–Trinajstić information content (AvgIpc) is 2.83. The molecular weight excluding hydrogens is 561 g/mol. The first-order valence-corrected chi connectivity index (χ1v) is 14.0. The lowest BCUT2D eigenvalue weighted by Gasteiger charge is -2.56. The Bertz CT molecular complexity index is 1360. The number of nitrogens with zero attached hydrogens (tertiary/aromatic N) is 2. The molecule has 0 amide bonds. The number of carbonyl (C=O) groups excluding carboxylic acids is 1. The molecule has 12 heteroatoms. The van der Waals surface area contributed by atoms with Gasteiger partial charge in [-0.05, 0) is 47.5 Å². The molecule has 1 heterocycles.